The van der Waals surface area contributed by atoms with E-state index in [0.29, 0.717) is 4.88 Å². The van der Waals surface area contributed by atoms with Gasteiger partial charge in [-0.1, -0.05) is 12.1 Å². The monoisotopic (exact) mass is 363 g/mol. The summed E-state index contributed by atoms with van der Waals surface area (Å²) < 4.78 is 18.5. The summed E-state index contributed by atoms with van der Waals surface area (Å²) in [5.41, 5.74) is 0.779. The number of nitrogens with one attached hydrogen (secondary N) is 1. The molecule has 0 saturated heterocycles. The van der Waals surface area contributed by atoms with E-state index in [1.165, 1.54) is 23.5 Å². The van der Waals surface area contributed by atoms with Crippen LogP contribution in [0.15, 0.2) is 36.4 Å². The van der Waals surface area contributed by atoms with E-state index in [-0.39, 0.29) is 42.5 Å². The van der Waals surface area contributed by atoms with Crippen LogP contribution in [0.1, 0.15) is 46.0 Å². The Labute approximate surface area is 151 Å². The zero-order valence-corrected chi connectivity index (χ0v) is 15.4. The molecule has 0 aliphatic rings. The molecule has 2 atom stereocenters. The fourth-order valence-electron chi connectivity index (χ4n) is 2.62. The molecule has 134 valence electrons. The maximum absolute atomic E-state index is 13.0. The van der Waals surface area contributed by atoms with E-state index >= 15 is 0 Å². The Kier molecular flexibility index (Phi) is 6.84. The lowest BCUT2D eigenvalue weighted by molar-refractivity contribution is -0.122. The first-order chi connectivity index (χ1) is 11.9. The summed E-state index contributed by atoms with van der Waals surface area (Å²) in [6.07, 6.45) is -0.0904. The van der Waals surface area contributed by atoms with Crippen LogP contribution in [0.25, 0.3) is 0 Å². The summed E-state index contributed by atoms with van der Waals surface area (Å²) in [6.45, 7) is 3.76. The molecule has 0 fully saturated rings. The zero-order valence-electron chi connectivity index (χ0n) is 14.5. The van der Waals surface area contributed by atoms with Gasteiger partial charge in [-0.05, 0) is 43.7 Å². The van der Waals surface area contributed by atoms with Crippen molar-refractivity contribution >= 4 is 23.0 Å². The highest BCUT2D eigenvalue weighted by Gasteiger charge is 2.21. The predicted octanol–water partition coefficient (Wildman–Crippen LogP) is 4.05. The van der Waals surface area contributed by atoms with Gasteiger partial charge in [0.25, 0.3) is 0 Å². The van der Waals surface area contributed by atoms with E-state index in [0.717, 1.165) is 10.4 Å². The molecule has 25 heavy (non-hydrogen) atoms. The third kappa shape index (κ3) is 5.47. The lowest BCUT2D eigenvalue weighted by Crippen LogP contribution is -2.37. The van der Waals surface area contributed by atoms with Crippen LogP contribution in [0, 0.1) is 12.7 Å². The van der Waals surface area contributed by atoms with Gasteiger partial charge in [0.05, 0.1) is 10.9 Å². The second-order valence-electron chi connectivity index (χ2n) is 5.90. The van der Waals surface area contributed by atoms with E-state index in [9.17, 15) is 14.0 Å². The van der Waals surface area contributed by atoms with Crippen LogP contribution in [-0.2, 0) is 9.53 Å². The maximum atomic E-state index is 13.0. The standard InChI is InChI=1S/C19H22FNO3S/c1-12-4-10-17(25-12)16(22)9-11-18(23)21-13(2)19(24-3)14-5-7-15(20)8-6-14/h4-8,10,13,19H,9,11H2,1-3H3,(H,21,23)/t13-,19+/m1/s1. The average molecular weight is 363 g/mol. The topological polar surface area (TPSA) is 55.4 Å². The van der Waals surface area contributed by atoms with Crippen molar-refractivity contribution in [3.63, 3.8) is 0 Å². The van der Waals surface area contributed by atoms with Crippen molar-refractivity contribution in [2.24, 2.45) is 0 Å². The fourth-order valence-corrected chi connectivity index (χ4v) is 3.45. The Hall–Kier alpha value is -2.05. The van der Waals surface area contributed by atoms with Gasteiger partial charge in [0.15, 0.2) is 5.78 Å². The van der Waals surface area contributed by atoms with Crippen LogP contribution < -0.4 is 5.32 Å². The minimum atomic E-state index is -0.389. The molecule has 0 saturated carbocycles. The number of thiophene rings is 1. The summed E-state index contributed by atoms with van der Waals surface area (Å²) in [5.74, 6) is -0.557. The number of hydrogen-bond donors (Lipinski definition) is 1. The normalized spacial score (nSPS) is 13.3. The highest BCUT2D eigenvalue weighted by atomic mass is 32.1. The summed E-state index contributed by atoms with van der Waals surface area (Å²) in [5, 5.41) is 2.85. The molecule has 0 aliphatic carbocycles. The van der Waals surface area contributed by atoms with E-state index in [4.69, 9.17) is 4.74 Å². The molecule has 0 radical (unpaired) electrons. The van der Waals surface area contributed by atoms with Crippen molar-refractivity contribution in [1.29, 1.82) is 0 Å². The van der Waals surface area contributed by atoms with Crippen molar-refractivity contribution in [2.75, 3.05) is 7.11 Å². The van der Waals surface area contributed by atoms with Crippen LogP contribution in [0.5, 0.6) is 0 Å². The Bertz CT molecular complexity index is 727. The number of carbonyl (C=O) groups excluding carboxylic acids is 2. The highest BCUT2D eigenvalue weighted by Crippen LogP contribution is 2.21. The van der Waals surface area contributed by atoms with Gasteiger partial charge in [-0.15, -0.1) is 11.3 Å². The Morgan fingerprint density at radius 2 is 1.84 bits per heavy atom. The Morgan fingerprint density at radius 3 is 2.40 bits per heavy atom. The maximum Gasteiger partial charge on any atom is 0.220 e. The molecule has 0 aliphatic heterocycles. The number of aryl methyl sites for hydroxylation is 1. The number of hydrogen-bond acceptors (Lipinski definition) is 4. The molecular weight excluding hydrogens is 341 g/mol. The molecule has 1 heterocycles. The summed E-state index contributed by atoms with van der Waals surface area (Å²) in [7, 11) is 1.54. The second-order valence-corrected chi connectivity index (χ2v) is 7.19. The van der Waals surface area contributed by atoms with E-state index in [1.54, 1.807) is 25.3 Å². The van der Waals surface area contributed by atoms with Gasteiger partial charge in [0.2, 0.25) is 5.91 Å². The molecule has 2 aromatic rings. The molecule has 0 unspecified atom stereocenters. The number of amides is 1. The van der Waals surface area contributed by atoms with Crippen molar-refractivity contribution in [2.45, 2.75) is 38.8 Å². The first-order valence-corrected chi connectivity index (χ1v) is 8.89. The quantitative estimate of drug-likeness (QED) is 0.720. The van der Waals surface area contributed by atoms with Crippen LogP contribution in [0.4, 0.5) is 4.39 Å². The Balaban J connectivity index is 1.87. The molecule has 1 aromatic carbocycles. The number of ketones is 1. The van der Waals surface area contributed by atoms with Crippen LogP contribution >= 0.6 is 11.3 Å². The number of benzene rings is 1. The van der Waals surface area contributed by atoms with Gasteiger partial charge < -0.3 is 10.1 Å². The molecule has 2 rings (SSSR count). The first-order valence-electron chi connectivity index (χ1n) is 8.08. The SMILES string of the molecule is CO[C@H](c1ccc(F)cc1)[C@@H](C)NC(=O)CCC(=O)c1ccc(C)s1. The number of Topliss-reactive ketones (excluding diaryl/α,β-unsaturated/α-hetero) is 1. The van der Waals surface area contributed by atoms with Crippen molar-refractivity contribution < 1.29 is 18.7 Å². The minimum Gasteiger partial charge on any atom is -0.375 e. The van der Waals surface area contributed by atoms with Crippen LogP contribution in [0.2, 0.25) is 0 Å². The van der Waals surface area contributed by atoms with E-state index < -0.39 is 0 Å². The second kappa shape index (κ2) is 8.87. The smallest absolute Gasteiger partial charge is 0.220 e. The van der Waals surface area contributed by atoms with Crippen LogP contribution in [0.3, 0.4) is 0 Å². The fraction of sp³-hybridized carbons (Fsp3) is 0.368. The summed E-state index contributed by atoms with van der Waals surface area (Å²) >= 11 is 1.44. The van der Waals surface area contributed by atoms with Gasteiger partial charge >= 0.3 is 0 Å². The van der Waals surface area contributed by atoms with Gasteiger partial charge in [0.1, 0.15) is 11.9 Å². The third-order valence-electron chi connectivity index (χ3n) is 3.89. The number of halogens is 1. The molecule has 1 aromatic heterocycles. The van der Waals surface area contributed by atoms with Gasteiger partial charge in [0, 0.05) is 24.8 Å². The Morgan fingerprint density at radius 1 is 1.16 bits per heavy atom. The minimum absolute atomic E-state index is 0.0253. The zero-order chi connectivity index (χ0) is 18.4. The van der Waals surface area contributed by atoms with Crippen molar-refractivity contribution in [1.82, 2.24) is 5.32 Å². The van der Waals surface area contributed by atoms with Crippen LogP contribution in [-0.4, -0.2) is 24.8 Å². The van der Waals surface area contributed by atoms with Crippen molar-refractivity contribution in [3.8, 4) is 0 Å². The van der Waals surface area contributed by atoms with Gasteiger partial charge in [-0.2, -0.15) is 0 Å². The average Bonchev–Trinajstić information content (AvgIpc) is 3.01. The molecule has 0 bridgehead atoms. The van der Waals surface area contributed by atoms with E-state index in [1.807, 2.05) is 19.9 Å². The molecule has 4 nitrogen and oxygen atoms in total. The number of methoxy groups -OCH3 is 1. The third-order valence-corrected chi connectivity index (χ3v) is 4.93. The van der Waals surface area contributed by atoms with Crippen molar-refractivity contribution in [3.05, 3.63) is 57.5 Å². The first kappa shape index (κ1) is 19.3. The number of ether oxygens (including phenoxy) is 1. The number of carbonyl (C=O) groups is 2. The van der Waals surface area contributed by atoms with E-state index in [2.05, 4.69) is 5.32 Å². The molecule has 6 heteroatoms. The highest BCUT2D eigenvalue weighted by molar-refractivity contribution is 7.14. The lowest BCUT2D eigenvalue weighted by atomic mass is 10.0. The molecule has 1 amide bonds. The molecular formula is C19H22FNO3S. The predicted molar refractivity (Wildman–Crippen MR) is 96.4 cm³/mol. The number of rotatable bonds is 8. The van der Waals surface area contributed by atoms with Gasteiger partial charge in [-0.3, -0.25) is 9.59 Å². The molecule has 0 spiro atoms. The summed E-state index contributed by atoms with van der Waals surface area (Å²) in [4.78, 5) is 25.9. The summed E-state index contributed by atoms with van der Waals surface area (Å²) in [6, 6.07) is 9.37. The largest absolute Gasteiger partial charge is 0.375 e. The molecule has 1 N–H and O–H groups in total. The lowest BCUT2D eigenvalue weighted by Gasteiger charge is -2.24. The van der Waals surface area contributed by atoms with Gasteiger partial charge in [-0.25, -0.2) is 4.39 Å².